The van der Waals surface area contributed by atoms with Crippen molar-refractivity contribution in [2.75, 3.05) is 11.5 Å². The first-order valence-corrected chi connectivity index (χ1v) is 6.49. The Morgan fingerprint density at radius 2 is 1.87 bits per heavy atom. The maximum atomic E-state index is 6.06. The molecule has 1 aromatic carbocycles. The lowest BCUT2D eigenvalue weighted by molar-refractivity contribution is 0.720. The van der Waals surface area contributed by atoms with Crippen LogP contribution < -0.4 is 11.5 Å². The van der Waals surface area contributed by atoms with Crippen LogP contribution in [0.25, 0.3) is 0 Å². The highest BCUT2D eigenvalue weighted by atomic mass is 32.2. The van der Waals surface area contributed by atoms with E-state index in [9.17, 15) is 0 Å². The van der Waals surface area contributed by atoms with E-state index in [0.29, 0.717) is 6.04 Å². The molecule has 0 aliphatic heterocycles. The van der Waals surface area contributed by atoms with Gasteiger partial charge >= 0.3 is 0 Å². The second kappa shape index (κ2) is 6.88. The quantitative estimate of drug-likeness (QED) is 0.728. The second-order valence-electron chi connectivity index (χ2n) is 3.86. The molecule has 0 heterocycles. The van der Waals surface area contributed by atoms with E-state index in [0.717, 1.165) is 17.9 Å². The number of benzene rings is 1. The summed E-state index contributed by atoms with van der Waals surface area (Å²) in [5.74, 6) is 2.06. The van der Waals surface area contributed by atoms with Gasteiger partial charge in [-0.1, -0.05) is 30.3 Å². The molecule has 0 amide bonds. The molecule has 1 aromatic rings. The van der Waals surface area contributed by atoms with Gasteiger partial charge in [-0.3, -0.25) is 0 Å². The number of thioether (sulfide) groups is 1. The van der Waals surface area contributed by atoms with Crippen molar-refractivity contribution in [3.05, 3.63) is 35.9 Å². The lowest BCUT2D eigenvalue weighted by Gasteiger charge is -2.11. The molecular weight excluding hydrogens is 204 g/mol. The van der Waals surface area contributed by atoms with Crippen molar-refractivity contribution >= 4 is 11.8 Å². The van der Waals surface area contributed by atoms with Gasteiger partial charge in [0.1, 0.15) is 0 Å². The van der Waals surface area contributed by atoms with Crippen LogP contribution in [0.1, 0.15) is 24.9 Å². The summed E-state index contributed by atoms with van der Waals surface area (Å²) >= 11 is 1.88. The largest absolute Gasteiger partial charge is 0.328 e. The molecule has 84 valence electrons. The molecular formula is C12H20N2S. The standard InChI is InChI=1S/C12H20N2S/c1-10(13)7-8-15-9-12(14)11-5-3-2-4-6-11/h2-6,10,12H,7-9,13-14H2,1H3. The highest BCUT2D eigenvalue weighted by Gasteiger charge is 2.04. The summed E-state index contributed by atoms with van der Waals surface area (Å²) in [6.45, 7) is 2.04. The van der Waals surface area contributed by atoms with Gasteiger partial charge < -0.3 is 11.5 Å². The minimum absolute atomic E-state index is 0.143. The predicted molar refractivity (Wildman–Crippen MR) is 69.0 cm³/mol. The monoisotopic (exact) mass is 224 g/mol. The van der Waals surface area contributed by atoms with E-state index in [4.69, 9.17) is 11.5 Å². The molecule has 2 nitrogen and oxygen atoms in total. The van der Waals surface area contributed by atoms with Gasteiger partial charge in [0.05, 0.1) is 0 Å². The number of nitrogens with two attached hydrogens (primary N) is 2. The molecule has 15 heavy (non-hydrogen) atoms. The van der Waals surface area contributed by atoms with E-state index in [1.807, 2.05) is 36.9 Å². The third-order valence-electron chi connectivity index (χ3n) is 2.24. The first-order chi connectivity index (χ1) is 7.20. The Kier molecular flexibility index (Phi) is 5.76. The van der Waals surface area contributed by atoms with Gasteiger partial charge in [-0.2, -0.15) is 11.8 Å². The van der Waals surface area contributed by atoms with Crippen LogP contribution in [-0.2, 0) is 0 Å². The van der Waals surface area contributed by atoms with Crippen molar-refractivity contribution in [1.82, 2.24) is 0 Å². The zero-order valence-corrected chi connectivity index (χ0v) is 10.0. The van der Waals surface area contributed by atoms with Crippen LogP contribution in [0, 0.1) is 0 Å². The van der Waals surface area contributed by atoms with Crippen LogP contribution in [0.5, 0.6) is 0 Å². The Labute approximate surface area is 96.4 Å². The van der Waals surface area contributed by atoms with Gasteiger partial charge in [0, 0.05) is 17.8 Å². The Balaban J connectivity index is 2.22. The Hall–Kier alpha value is -0.510. The fourth-order valence-electron chi connectivity index (χ4n) is 1.28. The van der Waals surface area contributed by atoms with Gasteiger partial charge in [0.15, 0.2) is 0 Å². The van der Waals surface area contributed by atoms with Crippen molar-refractivity contribution in [2.24, 2.45) is 11.5 Å². The first-order valence-electron chi connectivity index (χ1n) is 5.34. The van der Waals surface area contributed by atoms with E-state index in [-0.39, 0.29) is 6.04 Å². The van der Waals surface area contributed by atoms with Crippen molar-refractivity contribution in [3.63, 3.8) is 0 Å². The summed E-state index contributed by atoms with van der Waals surface area (Å²) in [5.41, 5.74) is 12.9. The summed E-state index contributed by atoms with van der Waals surface area (Å²) in [7, 11) is 0. The predicted octanol–water partition coefficient (Wildman–Crippen LogP) is 2.16. The summed E-state index contributed by atoms with van der Waals surface area (Å²) in [6.07, 6.45) is 1.06. The minimum Gasteiger partial charge on any atom is -0.328 e. The third-order valence-corrected chi connectivity index (χ3v) is 3.36. The third kappa shape index (κ3) is 5.21. The van der Waals surface area contributed by atoms with Crippen LogP contribution in [0.2, 0.25) is 0 Å². The fourth-order valence-corrected chi connectivity index (χ4v) is 2.43. The van der Waals surface area contributed by atoms with Crippen LogP contribution in [0.4, 0.5) is 0 Å². The molecule has 1 rings (SSSR count). The van der Waals surface area contributed by atoms with Crippen LogP contribution >= 0.6 is 11.8 Å². The molecule has 0 fully saturated rings. The number of hydrogen-bond acceptors (Lipinski definition) is 3. The molecule has 4 N–H and O–H groups in total. The van der Waals surface area contributed by atoms with Crippen LogP contribution in [0.15, 0.2) is 30.3 Å². The van der Waals surface area contributed by atoms with Gasteiger partial charge in [0.25, 0.3) is 0 Å². The normalized spacial score (nSPS) is 14.9. The SMILES string of the molecule is CC(N)CCSCC(N)c1ccccc1. The van der Waals surface area contributed by atoms with Gasteiger partial charge in [-0.25, -0.2) is 0 Å². The Morgan fingerprint density at radius 3 is 2.47 bits per heavy atom. The highest BCUT2D eigenvalue weighted by Crippen LogP contribution is 2.16. The van der Waals surface area contributed by atoms with Crippen molar-refractivity contribution in [2.45, 2.75) is 25.4 Å². The van der Waals surface area contributed by atoms with Crippen molar-refractivity contribution in [1.29, 1.82) is 0 Å². The summed E-state index contributed by atoms with van der Waals surface area (Å²) in [5, 5.41) is 0. The number of rotatable bonds is 6. The molecule has 0 spiro atoms. The first kappa shape index (κ1) is 12.6. The molecule has 0 saturated carbocycles. The molecule has 0 saturated heterocycles. The van der Waals surface area contributed by atoms with Crippen molar-refractivity contribution in [3.8, 4) is 0 Å². The molecule has 2 atom stereocenters. The molecule has 0 aromatic heterocycles. The van der Waals surface area contributed by atoms with E-state index in [1.54, 1.807) is 0 Å². The summed E-state index contributed by atoms with van der Waals surface area (Å²) in [6, 6.07) is 10.7. The van der Waals surface area contributed by atoms with E-state index in [2.05, 4.69) is 12.1 Å². The average molecular weight is 224 g/mol. The van der Waals surface area contributed by atoms with Gasteiger partial charge in [-0.05, 0) is 24.7 Å². The molecule has 3 heteroatoms. The maximum Gasteiger partial charge on any atom is 0.0386 e. The van der Waals surface area contributed by atoms with E-state index < -0.39 is 0 Å². The topological polar surface area (TPSA) is 52.0 Å². The van der Waals surface area contributed by atoms with E-state index in [1.165, 1.54) is 5.56 Å². The molecule has 2 unspecified atom stereocenters. The number of hydrogen-bond donors (Lipinski definition) is 2. The molecule has 0 aliphatic carbocycles. The Bertz CT molecular complexity index is 262. The smallest absolute Gasteiger partial charge is 0.0386 e. The van der Waals surface area contributed by atoms with Gasteiger partial charge in [-0.15, -0.1) is 0 Å². The zero-order valence-electron chi connectivity index (χ0n) is 9.23. The zero-order chi connectivity index (χ0) is 11.1. The highest BCUT2D eigenvalue weighted by molar-refractivity contribution is 7.99. The fraction of sp³-hybridized carbons (Fsp3) is 0.500. The lowest BCUT2D eigenvalue weighted by Crippen LogP contribution is -2.17. The minimum atomic E-state index is 0.143. The van der Waals surface area contributed by atoms with E-state index >= 15 is 0 Å². The molecule has 0 aliphatic rings. The molecule has 0 bridgehead atoms. The second-order valence-corrected chi connectivity index (χ2v) is 5.01. The van der Waals surface area contributed by atoms with Gasteiger partial charge in [0.2, 0.25) is 0 Å². The summed E-state index contributed by atoms with van der Waals surface area (Å²) in [4.78, 5) is 0. The molecule has 0 radical (unpaired) electrons. The lowest BCUT2D eigenvalue weighted by atomic mass is 10.1. The van der Waals surface area contributed by atoms with Crippen molar-refractivity contribution < 1.29 is 0 Å². The summed E-state index contributed by atoms with van der Waals surface area (Å²) < 4.78 is 0. The average Bonchev–Trinajstić information content (AvgIpc) is 2.25. The van der Waals surface area contributed by atoms with Crippen LogP contribution in [0.3, 0.4) is 0 Å². The maximum absolute atomic E-state index is 6.06. The Morgan fingerprint density at radius 1 is 1.20 bits per heavy atom. The van der Waals surface area contributed by atoms with Crippen LogP contribution in [-0.4, -0.2) is 17.5 Å².